The van der Waals surface area contributed by atoms with E-state index in [4.69, 9.17) is 10.2 Å². The van der Waals surface area contributed by atoms with Crippen molar-refractivity contribution in [3.05, 3.63) is 23.7 Å². The summed E-state index contributed by atoms with van der Waals surface area (Å²) >= 11 is 0. The Hall–Kier alpha value is -0.946. The summed E-state index contributed by atoms with van der Waals surface area (Å²) in [6, 6.07) is 0. The summed E-state index contributed by atoms with van der Waals surface area (Å²) in [4.78, 5) is 23.0. The zero-order valence-electron chi connectivity index (χ0n) is 25.4. The number of allylic oxidation sites excluding steroid dienone is 4. The third-order valence-corrected chi connectivity index (χ3v) is 3.55. The Morgan fingerprint density at radius 2 is 0.657 bits per heavy atom. The first kappa shape index (κ1) is 44.1. The van der Waals surface area contributed by atoms with Crippen LogP contribution in [0.25, 0.3) is 0 Å². The zero-order valence-corrected chi connectivity index (χ0v) is 27.0. The first-order chi connectivity index (χ1) is 14.6. The van der Waals surface area contributed by atoms with Gasteiger partial charge in [0.1, 0.15) is 11.5 Å². The number of carbonyl (C=O) groups is 2. The Kier molecular flexibility index (Phi) is 23.1. The van der Waals surface area contributed by atoms with E-state index in [0.717, 1.165) is 0 Å². The van der Waals surface area contributed by atoms with Gasteiger partial charge in [0.25, 0.3) is 0 Å². The molecule has 0 saturated heterocycles. The van der Waals surface area contributed by atoms with E-state index in [9.17, 15) is 19.8 Å². The van der Waals surface area contributed by atoms with Crippen molar-refractivity contribution >= 4 is 11.6 Å². The number of ketones is 2. The van der Waals surface area contributed by atoms with Crippen LogP contribution in [0.2, 0.25) is 0 Å². The van der Waals surface area contributed by atoms with E-state index in [1.807, 2.05) is 83.1 Å². The molecule has 0 aliphatic heterocycles. The Morgan fingerprint density at radius 1 is 0.514 bits per heavy atom. The maximum atomic E-state index is 11.5. The van der Waals surface area contributed by atoms with Crippen LogP contribution in [-0.2, 0) is 31.3 Å². The van der Waals surface area contributed by atoms with Crippen molar-refractivity contribution in [3.63, 3.8) is 0 Å². The van der Waals surface area contributed by atoms with Crippen molar-refractivity contribution in [2.24, 2.45) is 21.7 Å². The van der Waals surface area contributed by atoms with Gasteiger partial charge in [-0.05, 0) is 27.7 Å². The second-order valence-electron chi connectivity index (χ2n) is 13.0. The number of aliphatic hydroxyl groups is 4. The monoisotopic (exact) mass is 536 g/mol. The molecule has 0 amide bonds. The summed E-state index contributed by atoms with van der Waals surface area (Å²) in [6.45, 7) is 29.1. The molecular weight excluding hydrogens is 480 g/mol. The number of aliphatic hydroxyl groups excluding tert-OH is 4. The number of carbonyl (C=O) groups excluding carboxylic acids is 2. The van der Waals surface area contributed by atoms with Crippen molar-refractivity contribution in [1.29, 1.82) is 0 Å². The molecule has 0 aliphatic carbocycles. The predicted molar refractivity (Wildman–Crippen MR) is 144 cm³/mol. The van der Waals surface area contributed by atoms with Crippen LogP contribution in [0.15, 0.2) is 23.7 Å². The largest absolute Gasteiger partial charge is 0.512 e. The van der Waals surface area contributed by atoms with E-state index in [0.29, 0.717) is 0 Å². The van der Waals surface area contributed by atoms with E-state index in [-0.39, 0.29) is 67.8 Å². The van der Waals surface area contributed by atoms with Gasteiger partial charge in [-0.3, -0.25) is 9.59 Å². The summed E-state index contributed by atoms with van der Waals surface area (Å²) in [7, 11) is 0. The van der Waals surface area contributed by atoms with Gasteiger partial charge in [0.15, 0.2) is 11.6 Å². The Bertz CT molecular complexity index is 583. The van der Waals surface area contributed by atoms with Crippen LogP contribution in [0.3, 0.4) is 0 Å². The molecule has 0 aliphatic rings. The van der Waals surface area contributed by atoms with E-state index in [1.54, 1.807) is 27.7 Å². The predicted octanol–water partition coefficient (Wildman–Crippen LogP) is 6.95. The van der Waals surface area contributed by atoms with Crippen LogP contribution in [0.1, 0.15) is 111 Å². The van der Waals surface area contributed by atoms with E-state index >= 15 is 0 Å². The van der Waals surface area contributed by atoms with Crippen LogP contribution < -0.4 is 0 Å². The molecule has 208 valence electrons. The van der Waals surface area contributed by atoms with Gasteiger partial charge in [0, 0.05) is 67.7 Å². The quantitative estimate of drug-likeness (QED) is 0.172. The van der Waals surface area contributed by atoms with Gasteiger partial charge >= 0.3 is 0 Å². The third kappa shape index (κ3) is 33.1. The van der Waals surface area contributed by atoms with Crippen molar-refractivity contribution in [2.75, 3.05) is 0 Å². The second-order valence-corrected chi connectivity index (χ2v) is 13.0. The summed E-state index contributed by atoms with van der Waals surface area (Å²) in [5.41, 5.74) is -1.53. The summed E-state index contributed by atoms with van der Waals surface area (Å²) in [5.74, 6) is 0.208. The minimum atomic E-state index is -0.417. The second kappa shape index (κ2) is 18.3. The average Bonchev–Trinajstić information content (AvgIpc) is 2.50. The van der Waals surface area contributed by atoms with E-state index in [2.05, 4.69) is 0 Å². The van der Waals surface area contributed by atoms with Crippen LogP contribution in [0, 0.1) is 21.7 Å². The minimum absolute atomic E-state index is 0. The van der Waals surface area contributed by atoms with Crippen LogP contribution in [0.4, 0.5) is 0 Å². The maximum Gasteiger partial charge on any atom is 0.164 e. The molecule has 0 heterocycles. The fraction of sp³-hybridized carbons (Fsp3) is 0.786. The molecule has 0 unspecified atom stereocenters. The van der Waals surface area contributed by atoms with Crippen molar-refractivity contribution in [1.82, 2.24) is 0 Å². The van der Waals surface area contributed by atoms with Crippen molar-refractivity contribution in [2.45, 2.75) is 123 Å². The summed E-state index contributed by atoms with van der Waals surface area (Å²) in [5, 5.41) is 35.2. The SMILES string of the molecule is CC(C)(C)C(=O)/C=C(\O)C(C)(C)C.CC(C)(C)C(=O)/C=C(\O)C(C)(C)C.CC(C)O.CC(C)O.[Ti]. The molecule has 4 N–H and O–H groups in total. The van der Waals surface area contributed by atoms with Gasteiger partial charge in [-0.1, -0.05) is 83.1 Å². The first-order valence-corrected chi connectivity index (χ1v) is 11.8. The van der Waals surface area contributed by atoms with Gasteiger partial charge in [-0.15, -0.1) is 0 Å². The molecule has 0 atom stereocenters. The number of hydrogen-bond donors (Lipinski definition) is 4. The molecule has 7 heteroatoms. The first-order valence-electron chi connectivity index (χ1n) is 11.8. The van der Waals surface area contributed by atoms with Gasteiger partial charge < -0.3 is 20.4 Å². The normalized spacial score (nSPS) is 12.8. The Morgan fingerprint density at radius 3 is 0.743 bits per heavy atom. The number of hydrogen-bond acceptors (Lipinski definition) is 6. The Labute approximate surface area is 231 Å². The molecular formula is C28H56O6Ti. The molecule has 0 spiro atoms. The molecule has 0 aromatic rings. The number of rotatable bonds is 2. The molecule has 0 rings (SSSR count). The molecule has 35 heavy (non-hydrogen) atoms. The molecule has 0 aromatic carbocycles. The van der Waals surface area contributed by atoms with Crippen LogP contribution >= 0.6 is 0 Å². The van der Waals surface area contributed by atoms with Gasteiger partial charge in [0.05, 0.1) is 0 Å². The van der Waals surface area contributed by atoms with Gasteiger partial charge in [0.2, 0.25) is 0 Å². The van der Waals surface area contributed by atoms with Gasteiger partial charge in [-0.25, -0.2) is 0 Å². The summed E-state index contributed by atoms with van der Waals surface area (Å²) < 4.78 is 0. The van der Waals surface area contributed by atoms with Crippen molar-refractivity contribution in [3.8, 4) is 0 Å². The molecule has 0 radical (unpaired) electrons. The average molecular weight is 537 g/mol. The van der Waals surface area contributed by atoms with Gasteiger partial charge in [-0.2, -0.15) is 0 Å². The molecule has 0 aromatic heterocycles. The molecule has 0 saturated carbocycles. The molecule has 0 fully saturated rings. The topological polar surface area (TPSA) is 115 Å². The fourth-order valence-electron chi connectivity index (χ4n) is 1.11. The maximum absolute atomic E-state index is 11.5. The Balaban J connectivity index is -0.000000128. The molecule has 0 bridgehead atoms. The fourth-order valence-corrected chi connectivity index (χ4v) is 1.11. The van der Waals surface area contributed by atoms with Crippen molar-refractivity contribution < 1.29 is 51.7 Å². The van der Waals surface area contributed by atoms with Crippen LogP contribution in [-0.4, -0.2) is 44.2 Å². The standard InChI is InChI=1S/2C11H20O2.2C3H8O.Ti/c2*1-10(2,3)8(12)7-9(13)11(4,5)6;2*1-3(2)4;/h2*7,12H,1-6H3;2*3-4H,1-2H3;/b2*8-7-;;;. The summed E-state index contributed by atoms with van der Waals surface area (Å²) in [6.07, 6.45) is 2.33. The third-order valence-electron chi connectivity index (χ3n) is 3.55. The van der Waals surface area contributed by atoms with E-state index in [1.165, 1.54) is 12.2 Å². The van der Waals surface area contributed by atoms with E-state index < -0.39 is 10.8 Å². The minimum Gasteiger partial charge on any atom is -0.512 e. The van der Waals surface area contributed by atoms with Crippen LogP contribution in [0.5, 0.6) is 0 Å². The molecule has 6 nitrogen and oxygen atoms in total. The zero-order chi connectivity index (χ0) is 28.9. The smallest absolute Gasteiger partial charge is 0.164 e.